The number of hydrogen-bond donors (Lipinski definition) is 1. The number of aromatic nitrogens is 2. The third kappa shape index (κ3) is 2.33. The van der Waals surface area contributed by atoms with Crippen LogP contribution < -0.4 is 5.73 Å². The Morgan fingerprint density at radius 2 is 1.55 bits per heavy atom. The lowest BCUT2D eigenvalue weighted by Gasteiger charge is -2.17. The van der Waals surface area contributed by atoms with Gasteiger partial charge in [0.15, 0.2) is 0 Å². The lowest BCUT2D eigenvalue weighted by Crippen LogP contribution is -2.17. The summed E-state index contributed by atoms with van der Waals surface area (Å²) in [4.78, 5) is 4.82. The van der Waals surface area contributed by atoms with Gasteiger partial charge < -0.3 is 10.3 Å². The first-order valence-corrected chi connectivity index (χ1v) is 7.04. The molecule has 108 valence electrons. The Hall–Kier alpha value is -1.77. The molecule has 1 aromatic heterocycles. The van der Waals surface area contributed by atoms with E-state index in [1.807, 2.05) is 11.6 Å². The number of aryl methyl sites for hydroxylation is 3. The Morgan fingerprint density at radius 3 is 2.05 bits per heavy atom. The predicted octanol–water partition coefficient (Wildman–Crippen LogP) is 3.89. The van der Waals surface area contributed by atoms with E-state index >= 15 is 0 Å². The van der Waals surface area contributed by atoms with Crippen molar-refractivity contribution in [2.24, 2.45) is 7.05 Å². The summed E-state index contributed by atoms with van der Waals surface area (Å²) in [5.41, 5.74) is 12.1. The van der Waals surface area contributed by atoms with Crippen LogP contribution in [0.5, 0.6) is 0 Å². The van der Waals surface area contributed by atoms with Crippen molar-refractivity contribution in [3.63, 3.8) is 0 Å². The van der Waals surface area contributed by atoms with Crippen LogP contribution in [0.2, 0.25) is 0 Å². The van der Waals surface area contributed by atoms with Crippen LogP contribution in [-0.4, -0.2) is 9.55 Å². The van der Waals surface area contributed by atoms with E-state index in [4.69, 9.17) is 10.7 Å². The summed E-state index contributed by atoms with van der Waals surface area (Å²) in [5, 5.41) is 0. The first-order valence-electron chi connectivity index (χ1n) is 7.04. The molecule has 0 spiro atoms. The van der Waals surface area contributed by atoms with Crippen molar-refractivity contribution in [3.05, 3.63) is 34.6 Å². The van der Waals surface area contributed by atoms with Gasteiger partial charge >= 0.3 is 0 Å². The normalized spacial score (nSPS) is 11.9. The molecule has 0 bridgehead atoms. The van der Waals surface area contributed by atoms with E-state index in [0.717, 1.165) is 22.9 Å². The van der Waals surface area contributed by atoms with Crippen LogP contribution in [0.1, 0.15) is 43.3 Å². The van der Waals surface area contributed by atoms with Crippen molar-refractivity contribution in [2.45, 2.75) is 47.0 Å². The Labute approximate surface area is 121 Å². The van der Waals surface area contributed by atoms with Gasteiger partial charge in [-0.25, -0.2) is 4.98 Å². The van der Waals surface area contributed by atoms with E-state index in [1.165, 1.54) is 16.7 Å². The summed E-state index contributed by atoms with van der Waals surface area (Å²) in [6.45, 7) is 12.9. The second-order valence-electron chi connectivity index (χ2n) is 6.73. The highest BCUT2D eigenvalue weighted by atomic mass is 15.1. The van der Waals surface area contributed by atoms with E-state index in [2.05, 4.69) is 53.7 Å². The fraction of sp³-hybridized carbons (Fsp3) is 0.471. The van der Waals surface area contributed by atoms with Crippen LogP contribution in [0.25, 0.3) is 11.3 Å². The van der Waals surface area contributed by atoms with Gasteiger partial charge in [0.25, 0.3) is 0 Å². The van der Waals surface area contributed by atoms with E-state index in [1.54, 1.807) is 0 Å². The zero-order valence-corrected chi connectivity index (χ0v) is 13.6. The van der Waals surface area contributed by atoms with Crippen molar-refractivity contribution in [1.82, 2.24) is 9.55 Å². The minimum absolute atomic E-state index is 0.0191. The summed E-state index contributed by atoms with van der Waals surface area (Å²) in [6, 6.07) is 4.39. The van der Waals surface area contributed by atoms with Gasteiger partial charge in [0, 0.05) is 18.0 Å². The summed E-state index contributed by atoms with van der Waals surface area (Å²) in [5.74, 6) is 1.75. The predicted molar refractivity (Wildman–Crippen MR) is 86.0 cm³/mol. The van der Waals surface area contributed by atoms with Crippen LogP contribution in [-0.2, 0) is 12.5 Å². The van der Waals surface area contributed by atoms with Crippen molar-refractivity contribution in [1.29, 1.82) is 0 Å². The number of nitrogen functional groups attached to an aromatic ring is 1. The molecule has 0 radical (unpaired) electrons. The molecule has 0 aliphatic carbocycles. The van der Waals surface area contributed by atoms with Crippen molar-refractivity contribution in [3.8, 4) is 11.3 Å². The second-order valence-corrected chi connectivity index (χ2v) is 6.73. The molecule has 2 aromatic rings. The molecular formula is C17H25N3. The molecule has 0 saturated heterocycles. The SMILES string of the molecule is Cc1cc(C)c(-c2nc(C(C)(C)C)n(C)c2N)cc1C. The van der Waals surface area contributed by atoms with Crippen LogP contribution >= 0.6 is 0 Å². The van der Waals surface area contributed by atoms with Gasteiger partial charge in [-0.2, -0.15) is 0 Å². The fourth-order valence-electron chi connectivity index (χ4n) is 2.60. The molecule has 0 saturated carbocycles. The maximum atomic E-state index is 6.29. The Morgan fingerprint density at radius 1 is 1.00 bits per heavy atom. The summed E-state index contributed by atoms with van der Waals surface area (Å²) in [6.07, 6.45) is 0. The van der Waals surface area contributed by atoms with Gasteiger partial charge in [0.05, 0.1) is 0 Å². The van der Waals surface area contributed by atoms with Gasteiger partial charge in [-0.1, -0.05) is 26.8 Å². The molecular weight excluding hydrogens is 246 g/mol. The highest BCUT2D eigenvalue weighted by Crippen LogP contribution is 2.33. The van der Waals surface area contributed by atoms with E-state index < -0.39 is 0 Å². The van der Waals surface area contributed by atoms with Gasteiger partial charge in [-0.3, -0.25) is 0 Å². The van der Waals surface area contributed by atoms with Gasteiger partial charge in [0.2, 0.25) is 0 Å². The maximum absolute atomic E-state index is 6.29. The average molecular weight is 271 g/mol. The summed E-state index contributed by atoms with van der Waals surface area (Å²) < 4.78 is 2.00. The molecule has 3 heteroatoms. The topological polar surface area (TPSA) is 43.8 Å². The van der Waals surface area contributed by atoms with Crippen molar-refractivity contribution >= 4 is 5.82 Å². The molecule has 0 atom stereocenters. The third-order valence-corrected chi connectivity index (χ3v) is 3.91. The minimum atomic E-state index is -0.0191. The molecule has 3 nitrogen and oxygen atoms in total. The lowest BCUT2D eigenvalue weighted by molar-refractivity contribution is 0.524. The summed E-state index contributed by atoms with van der Waals surface area (Å²) >= 11 is 0. The van der Waals surface area contributed by atoms with Crippen LogP contribution in [0, 0.1) is 20.8 Å². The quantitative estimate of drug-likeness (QED) is 0.855. The van der Waals surface area contributed by atoms with Crippen LogP contribution in [0.3, 0.4) is 0 Å². The molecule has 2 rings (SSSR count). The zero-order chi connectivity index (χ0) is 15.2. The second kappa shape index (κ2) is 4.65. The molecule has 20 heavy (non-hydrogen) atoms. The zero-order valence-electron chi connectivity index (χ0n) is 13.6. The van der Waals surface area contributed by atoms with Crippen LogP contribution in [0.4, 0.5) is 5.82 Å². The molecule has 0 unspecified atom stereocenters. The molecule has 2 N–H and O–H groups in total. The standard InChI is InChI=1S/C17H25N3/c1-10-8-12(3)13(9-11(10)2)14-15(18)20(7)16(19-14)17(4,5)6/h8-9H,18H2,1-7H3. The molecule has 1 aromatic carbocycles. The monoisotopic (exact) mass is 271 g/mol. The fourth-order valence-corrected chi connectivity index (χ4v) is 2.60. The van der Waals surface area contributed by atoms with Gasteiger partial charge in [-0.15, -0.1) is 0 Å². The maximum Gasteiger partial charge on any atom is 0.131 e. The largest absolute Gasteiger partial charge is 0.383 e. The highest BCUT2D eigenvalue weighted by Gasteiger charge is 2.24. The molecule has 0 aliphatic heterocycles. The Kier molecular flexibility index (Phi) is 3.41. The van der Waals surface area contributed by atoms with Crippen LogP contribution in [0.15, 0.2) is 12.1 Å². The van der Waals surface area contributed by atoms with E-state index in [0.29, 0.717) is 0 Å². The first-order chi connectivity index (χ1) is 9.12. The van der Waals surface area contributed by atoms with E-state index in [-0.39, 0.29) is 5.41 Å². The van der Waals surface area contributed by atoms with Gasteiger partial charge in [-0.05, 0) is 43.5 Å². The average Bonchev–Trinajstić information content (AvgIpc) is 2.61. The molecule has 0 aliphatic rings. The molecule has 0 amide bonds. The van der Waals surface area contributed by atoms with Crippen molar-refractivity contribution < 1.29 is 0 Å². The number of anilines is 1. The number of hydrogen-bond acceptors (Lipinski definition) is 2. The lowest BCUT2D eigenvalue weighted by atomic mass is 9.95. The minimum Gasteiger partial charge on any atom is -0.383 e. The van der Waals surface area contributed by atoms with Crippen molar-refractivity contribution in [2.75, 3.05) is 5.73 Å². The molecule has 1 heterocycles. The molecule has 0 fully saturated rings. The highest BCUT2D eigenvalue weighted by molar-refractivity contribution is 5.74. The smallest absolute Gasteiger partial charge is 0.131 e. The van der Waals surface area contributed by atoms with E-state index in [9.17, 15) is 0 Å². The first kappa shape index (κ1) is 14.6. The Balaban J connectivity index is 2.69. The Bertz CT molecular complexity index is 658. The third-order valence-electron chi connectivity index (χ3n) is 3.91. The number of rotatable bonds is 1. The number of nitrogens with zero attached hydrogens (tertiary/aromatic N) is 2. The number of benzene rings is 1. The van der Waals surface area contributed by atoms with Gasteiger partial charge in [0.1, 0.15) is 17.3 Å². The summed E-state index contributed by atoms with van der Waals surface area (Å²) in [7, 11) is 1.99. The number of imidazole rings is 1. The number of nitrogens with two attached hydrogens (primary N) is 1.